The molecule has 0 N–H and O–H groups in total. The molecular weight excluding hydrogens is 715 g/mol. The summed E-state index contributed by atoms with van der Waals surface area (Å²) in [6, 6.07) is -0.731. The molecule has 0 saturated carbocycles. The van der Waals surface area contributed by atoms with Gasteiger partial charge < -0.3 is 28.6 Å². The zero-order chi connectivity index (χ0) is 42.1. The fourth-order valence-electron chi connectivity index (χ4n) is 6.92. The Morgan fingerprint density at radius 3 is 1.44 bits per heavy atom. The first-order chi connectivity index (χ1) is 27.6. The van der Waals surface area contributed by atoms with E-state index in [-0.39, 0.29) is 49.1 Å². The first kappa shape index (κ1) is 54.6. The van der Waals surface area contributed by atoms with Gasteiger partial charge in [-0.1, -0.05) is 185 Å². The van der Waals surface area contributed by atoms with Crippen molar-refractivity contribution in [1.82, 2.24) is 0 Å². The number of hydrogen-bond acceptors (Lipinski definition) is 7. The van der Waals surface area contributed by atoms with Crippen LogP contribution in [0.25, 0.3) is 0 Å². The molecule has 0 aromatic carbocycles. The highest BCUT2D eigenvalue weighted by atomic mass is 16.6. The van der Waals surface area contributed by atoms with Crippen LogP contribution in [0.2, 0.25) is 0 Å². The Morgan fingerprint density at radius 2 is 0.982 bits per heavy atom. The van der Waals surface area contributed by atoms with Gasteiger partial charge in [-0.15, -0.1) is 0 Å². The fraction of sp³-hybridized carbons (Fsp3) is 0.816. The SMILES string of the molecule is CC/C=C/C/C=C/C/C=C/CCCC(=O)OCC(COCCC(C(=O)[O-])[N+](C)(C)C)OC(=O)CCCCCCCCCCCCCCCCCCCCCCCC. The smallest absolute Gasteiger partial charge is 0.306 e. The molecule has 0 saturated heterocycles. The van der Waals surface area contributed by atoms with E-state index in [0.717, 1.165) is 44.9 Å². The van der Waals surface area contributed by atoms with Crippen LogP contribution in [-0.4, -0.2) is 75.5 Å². The molecule has 8 heteroatoms. The first-order valence-corrected chi connectivity index (χ1v) is 23.5. The minimum absolute atomic E-state index is 0.0276. The molecule has 0 bridgehead atoms. The van der Waals surface area contributed by atoms with E-state index in [9.17, 15) is 19.5 Å². The molecule has 2 unspecified atom stereocenters. The van der Waals surface area contributed by atoms with Gasteiger partial charge in [-0.2, -0.15) is 0 Å². The second-order valence-electron chi connectivity index (χ2n) is 17.0. The van der Waals surface area contributed by atoms with Crippen LogP contribution in [0.3, 0.4) is 0 Å². The molecule has 0 aliphatic rings. The third-order valence-electron chi connectivity index (χ3n) is 10.5. The summed E-state index contributed by atoms with van der Waals surface area (Å²) in [5.41, 5.74) is 0. The summed E-state index contributed by atoms with van der Waals surface area (Å²) in [6.45, 7) is 4.51. The Kier molecular flexibility index (Phi) is 38.6. The maximum atomic E-state index is 12.7. The molecule has 0 aliphatic heterocycles. The largest absolute Gasteiger partial charge is 0.544 e. The lowest BCUT2D eigenvalue weighted by Crippen LogP contribution is -2.55. The van der Waals surface area contributed by atoms with Gasteiger partial charge in [-0.25, -0.2) is 0 Å². The van der Waals surface area contributed by atoms with Crippen molar-refractivity contribution in [1.29, 1.82) is 0 Å². The van der Waals surface area contributed by atoms with Gasteiger partial charge in [0.2, 0.25) is 0 Å². The van der Waals surface area contributed by atoms with Crippen LogP contribution in [0.1, 0.15) is 206 Å². The molecule has 0 aliphatic carbocycles. The highest BCUT2D eigenvalue weighted by Crippen LogP contribution is 2.16. The van der Waals surface area contributed by atoms with Crippen LogP contribution < -0.4 is 5.11 Å². The molecule has 0 spiro atoms. The van der Waals surface area contributed by atoms with E-state index in [4.69, 9.17) is 14.2 Å². The van der Waals surface area contributed by atoms with Crippen LogP contribution in [0.4, 0.5) is 0 Å². The molecule has 0 amide bonds. The lowest BCUT2D eigenvalue weighted by molar-refractivity contribution is -0.889. The highest BCUT2D eigenvalue weighted by molar-refractivity contribution is 5.70. The number of likely N-dealkylation sites (N-methyl/N-ethyl adjacent to an activating group) is 1. The van der Waals surface area contributed by atoms with Crippen LogP contribution in [0.15, 0.2) is 36.5 Å². The Morgan fingerprint density at radius 1 is 0.544 bits per heavy atom. The van der Waals surface area contributed by atoms with E-state index < -0.39 is 18.1 Å². The minimum Gasteiger partial charge on any atom is -0.544 e. The van der Waals surface area contributed by atoms with Gasteiger partial charge in [-0.3, -0.25) is 9.59 Å². The zero-order valence-electron chi connectivity index (χ0n) is 37.8. The Hall–Kier alpha value is -2.45. The number of unbranched alkanes of at least 4 members (excludes halogenated alkanes) is 22. The molecule has 8 nitrogen and oxygen atoms in total. The first-order valence-electron chi connectivity index (χ1n) is 23.5. The number of carboxylic acids is 1. The molecule has 2 atom stereocenters. The molecule has 0 rings (SSSR count). The van der Waals surface area contributed by atoms with Gasteiger partial charge in [-0.05, 0) is 38.5 Å². The number of carbonyl (C=O) groups excluding carboxylic acids is 3. The van der Waals surface area contributed by atoms with Crippen LogP contribution in [0.5, 0.6) is 0 Å². The van der Waals surface area contributed by atoms with Crippen molar-refractivity contribution in [3.8, 4) is 0 Å². The monoisotopic (exact) mass is 804 g/mol. The number of esters is 2. The van der Waals surface area contributed by atoms with Crippen molar-refractivity contribution in [2.24, 2.45) is 0 Å². The summed E-state index contributed by atoms with van der Waals surface area (Å²) >= 11 is 0. The van der Waals surface area contributed by atoms with E-state index in [2.05, 4.69) is 50.3 Å². The predicted molar refractivity (Wildman–Crippen MR) is 236 cm³/mol. The molecule has 0 aromatic rings. The normalized spacial score (nSPS) is 13.2. The summed E-state index contributed by atoms with van der Waals surface area (Å²) in [4.78, 5) is 36.8. The Balaban J connectivity index is 4.22. The molecule has 0 fully saturated rings. The zero-order valence-corrected chi connectivity index (χ0v) is 37.8. The maximum absolute atomic E-state index is 12.7. The summed E-state index contributed by atoms with van der Waals surface area (Å²) in [5, 5.41) is 11.6. The van der Waals surface area contributed by atoms with E-state index >= 15 is 0 Å². The lowest BCUT2D eigenvalue weighted by Gasteiger charge is -2.34. The average molecular weight is 804 g/mol. The third kappa shape index (κ3) is 38.8. The van der Waals surface area contributed by atoms with Crippen molar-refractivity contribution in [3.63, 3.8) is 0 Å². The van der Waals surface area contributed by atoms with Gasteiger partial charge in [0.1, 0.15) is 12.6 Å². The van der Waals surface area contributed by atoms with E-state index in [0.29, 0.717) is 12.8 Å². The standard InChI is InChI=1S/C49H89NO7/c1-6-8-10-12-14-16-18-19-20-21-22-23-24-25-26-27-28-30-32-34-36-38-40-48(52)57-45(43-55-42-41-46(49(53)54)50(3,4)5)44-56-47(51)39-37-35-33-31-29-17-15-13-11-9-7-2/h9,11,15,17,31,33,45-46H,6-8,10,12-14,16,18-30,32,34-44H2,1-5H3/b11-9+,17-15+,33-31+. The van der Waals surface area contributed by atoms with Gasteiger partial charge >= 0.3 is 11.9 Å². The molecular formula is C49H89NO7. The van der Waals surface area contributed by atoms with E-state index in [1.165, 1.54) is 122 Å². The summed E-state index contributed by atoms with van der Waals surface area (Å²) in [7, 11) is 5.40. The summed E-state index contributed by atoms with van der Waals surface area (Å²) in [5.74, 6) is -1.80. The number of allylic oxidation sites excluding steroid dienone is 6. The molecule has 0 aromatic heterocycles. The fourth-order valence-corrected chi connectivity index (χ4v) is 6.92. The second-order valence-corrected chi connectivity index (χ2v) is 17.0. The van der Waals surface area contributed by atoms with Crippen molar-refractivity contribution in [2.45, 2.75) is 219 Å². The van der Waals surface area contributed by atoms with Gasteiger partial charge in [0.15, 0.2) is 6.10 Å². The number of quaternary nitrogens is 1. The minimum atomic E-state index is -1.13. The van der Waals surface area contributed by atoms with Crippen molar-refractivity contribution in [3.05, 3.63) is 36.5 Å². The number of carboxylic acid groups (broad SMARTS) is 1. The number of hydrogen-bond donors (Lipinski definition) is 0. The van der Waals surface area contributed by atoms with E-state index in [1.54, 1.807) is 21.1 Å². The number of ether oxygens (including phenoxy) is 3. The Labute approximate surface area is 351 Å². The number of rotatable bonds is 42. The quantitative estimate of drug-likeness (QED) is 0.0262. The third-order valence-corrected chi connectivity index (χ3v) is 10.5. The average Bonchev–Trinajstić information content (AvgIpc) is 3.17. The summed E-state index contributed by atoms with van der Waals surface area (Å²) < 4.78 is 17.1. The van der Waals surface area contributed by atoms with Crippen LogP contribution in [0, 0.1) is 0 Å². The van der Waals surface area contributed by atoms with Crippen LogP contribution in [-0.2, 0) is 28.6 Å². The maximum Gasteiger partial charge on any atom is 0.306 e. The van der Waals surface area contributed by atoms with Crippen molar-refractivity contribution in [2.75, 3.05) is 41.0 Å². The molecule has 0 heterocycles. The lowest BCUT2D eigenvalue weighted by atomic mass is 10.0. The second kappa shape index (κ2) is 40.3. The van der Waals surface area contributed by atoms with Gasteiger partial charge in [0, 0.05) is 19.3 Å². The predicted octanol–water partition coefficient (Wildman–Crippen LogP) is 11.7. The van der Waals surface area contributed by atoms with Crippen LogP contribution >= 0.6 is 0 Å². The van der Waals surface area contributed by atoms with Gasteiger partial charge in [0.05, 0.1) is 40.3 Å². The van der Waals surface area contributed by atoms with Gasteiger partial charge in [0.25, 0.3) is 0 Å². The van der Waals surface area contributed by atoms with E-state index in [1.807, 2.05) is 0 Å². The number of carbonyl (C=O) groups is 3. The summed E-state index contributed by atoms with van der Waals surface area (Å²) in [6.07, 6.45) is 46.3. The number of aliphatic carboxylic acids is 1. The Bertz CT molecular complexity index is 1030. The molecule has 57 heavy (non-hydrogen) atoms. The van der Waals surface area contributed by atoms with Crippen molar-refractivity contribution >= 4 is 17.9 Å². The number of nitrogens with zero attached hydrogens (tertiary/aromatic N) is 1. The van der Waals surface area contributed by atoms with Crippen molar-refractivity contribution < 1.29 is 38.2 Å². The highest BCUT2D eigenvalue weighted by Gasteiger charge is 2.25. The molecule has 332 valence electrons. The molecule has 0 radical (unpaired) electrons. The topological polar surface area (TPSA) is 102 Å².